The molecule has 164 valence electrons. The standard InChI is InChI=1S/C20H26F2N4O4/c1-12(9-20(11-30-3)18(28)23-19(29)24-20)17(27)25-6-7-26(13(2)10-25)14-4-5-15(21)16(22)8-14/h4-5,8,12-13H,6-7,9-11H2,1-3H3,(H2,23,24,28,29)/t12?,13-,20?/m0/s1. The number of nitrogens with zero attached hydrogens (tertiary/aromatic N) is 2. The molecule has 2 fully saturated rings. The van der Waals surface area contributed by atoms with E-state index in [0.29, 0.717) is 25.3 Å². The number of urea groups is 1. The molecule has 1 aromatic carbocycles. The molecular weight excluding hydrogens is 398 g/mol. The Bertz CT molecular complexity index is 852. The molecule has 0 aliphatic carbocycles. The summed E-state index contributed by atoms with van der Waals surface area (Å²) in [5.74, 6) is -3.00. The Hall–Kier alpha value is -2.75. The van der Waals surface area contributed by atoms with E-state index >= 15 is 0 Å². The number of hydrogen-bond acceptors (Lipinski definition) is 5. The Balaban J connectivity index is 1.65. The number of amides is 4. The summed E-state index contributed by atoms with van der Waals surface area (Å²) in [7, 11) is 1.42. The molecule has 3 rings (SSSR count). The number of rotatable bonds is 6. The van der Waals surface area contributed by atoms with Gasteiger partial charge in [0.1, 0.15) is 5.54 Å². The molecule has 2 saturated heterocycles. The molecule has 2 aliphatic rings. The first-order valence-corrected chi connectivity index (χ1v) is 9.80. The SMILES string of the molecule is COCC1(CC(C)C(=O)N2CCN(c3ccc(F)c(F)c3)[C@@H](C)C2)NC(=O)NC1=O. The number of piperazine rings is 1. The van der Waals surface area contributed by atoms with Gasteiger partial charge in [0, 0.05) is 50.5 Å². The molecule has 2 N–H and O–H groups in total. The van der Waals surface area contributed by atoms with Crippen molar-refractivity contribution in [3.63, 3.8) is 0 Å². The smallest absolute Gasteiger partial charge is 0.322 e. The summed E-state index contributed by atoms with van der Waals surface area (Å²) in [6.45, 7) is 4.85. The fourth-order valence-electron chi connectivity index (χ4n) is 4.21. The average Bonchev–Trinajstić information content (AvgIpc) is 2.96. The molecule has 30 heavy (non-hydrogen) atoms. The number of carbonyl (C=O) groups is 3. The number of imide groups is 1. The summed E-state index contributed by atoms with van der Waals surface area (Å²) >= 11 is 0. The number of hydrogen-bond donors (Lipinski definition) is 2. The van der Waals surface area contributed by atoms with Crippen LogP contribution in [0.15, 0.2) is 18.2 Å². The van der Waals surface area contributed by atoms with Gasteiger partial charge in [0.05, 0.1) is 6.61 Å². The van der Waals surface area contributed by atoms with Crippen molar-refractivity contribution in [1.29, 1.82) is 0 Å². The summed E-state index contributed by atoms with van der Waals surface area (Å²) < 4.78 is 31.9. The van der Waals surface area contributed by atoms with Crippen molar-refractivity contribution in [3.8, 4) is 0 Å². The molecule has 2 heterocycles. The van der Waals surface area contributed by atoms with Gasteiger partial charge in [0.2, 0.25) is 5.91 Å². The Morgan fingerprint density at radius 3 is 2.60 bits per heavy atom. The molecule has 10 heteroatoms. The van der Waals surface area contributed by atoms with Gasteiger partial charge in [0.25, 0.3) is 5.91 Å². The van der Waals surface area contributed by atoms with E-state index in [9.17, 15) is 23.2 Å². The minimum atomic E-state index is -1.28. The summed E-state index contributed by atoms with van der Waals surface area (Å²) in [5.41, 5.74) is -0.717. The van der Waals surface area contributed by atoms with E-state index in [1.807, 2.05) is 11.8 Å². The van der Waals surface area contributed by atoms with Gasteiger partial charge in [-0.2, -0.15) is 0 Å². The number of anilines is 1. The van der Waals surface area contributed by atoms with Crippen LogP contribution >= 0.6 is 0 Å². The second kappa shape index (κ2) is 8.55. The predicted octanol–water partition coefficient (Wildman–Crippen LogP) is 1.25. The van der Waals surface area contributed by atoms with Crippen LogP contribution in [-0.2, 0) is 14.3 Å². The van der Waals surface area contributed by atoms with E-state index in [0.717, 1.165) is 12.1 Å². The van der Waals surface area contributed by atoms with Crippen LogP contribution in [0.1, 0.15) is 20.3 Å². The van der Waals surface area contributed by atoms with Gasteiger partial charge in [-0.3, -0.25) is 14.9 Å². The van der Waals surface area contributed by atoms with Crippen LogP contribution < -0.4 is 15.5 Å². The van der Waals surface area contributed by atoms with Crippen molar-refractivity contribution in [2.45, 2.75) is 31.8 Å². The third-order valence-electron chi connectivity index (χ3n) is 5.66. The lowest BCUT2D eigenvalue weighted by Gasteiger charge is -2.42. The first kappa shape index (κ1) is 21.9. The van der Waals surface area contributed by atoms with Gasteiger partial charge in [-0.15, -0.1) is 0 Å². The molecule has 0 aromatic heterocycles. The molecule has 0 saturated carbocycles. The zero-order valence-corrected chi connectivity index (χ0v) is 17.2. The van der Waals surface area contributed by atoms with Crippen molar-refractivity contribution in [2.24, 2.45) is 5.92 Å². The van der Waals surface area contributed by atoms with Crippen molar-refractivity contribution in [2.75, 3.05) is 38.3 Å². The maximum atomic E-state index is 13.6. The molecule has 1 aromatic rings. The van der Waals surface area contributed by atoms with Crippen molar-refractivity contribution < 1.29 is 27.9 Å². The Kier molecular flexibility index (Phi) is 6.25. The van der Waals surface area contributed by atoms with Crippen LogP contribution in [0.5, 0.6) is 0 Å². The third-order valence-corrected chi connectivity index (χ3v) is 5.66. The number of benzene rings is 1. The van der Waals surface area contributed by atoms with Crippen LogP contribution in [0.3, 0.4) is 0 Å². The van der Waals surface area contributed by atoms with Gasteiger partial charge in [-0.1, -0.05) is 6.92 Å². The van der Waals surface area contributed by atoms with Gasteiger partial charge in [0.15, 0.2) is 11.6 Å². The molecule has 8 nitrogen and oxygen atoms in total. The molecule has 0 radical (unpaired) electrons. The zero-order chi connectivity index (χ0) is 22.1. The van der Waals surface area contributed by atoms with Gasteiger partial charge in [-0.25, -0.2) is 13.6 Å². The third kappa shape index (κ3) is 4.23. The Morgan fingerprint density at radius 1 is 1.30 bits per heavy atom. The molecular formula is C20H26F2N4O4. The summed E-state index contributed by atoms with van der Waals surface area (Å²) in [6.07, 6.45) is 0.106. The second-order valence-electron chi connectivity index (χ2n) is 7.95. The van der Waals surface area contributed by atoms with E-state index in [4.69, 9.17) is 4.74 Å². The van der Waals surface area contributed by atoms with Crippen LogP contribution in [-0.4, -0.2) is 67.7 Å². The number of carbonyl (C=O) groups excluding carboxylic acids is 3. The van der Waals surface area contributed by atoms with E-state index in [1.54, 1.807) is 11.8 Å². The lowest BCUT2D eigenvalue weighted by atomic mass is 9.87. The van der Waals surface area contributed by atoms with E-state index in [2.05, 4.69) is 10.6 Å². The van der Waals surface area contributed by atoms with Gasteiger partial charge in [-0.05, 0) is 25.5 Å². The Labute approximate surface area is 173 Å². The zero-order valence-electron chi connectivity index (χ0n) is 17.2. The number of halogens is 2. The van der Waals surface area contributed by atoms with Gasteiger partial charge >= 0.3 is 6.03 Å². The summed E-state index contributed by atoms with van der Waals surface area (Å²) in [4.78, 5) is 40.5. The maximum absolute atomic E-state index is 13.6. The van der Waals surface area contributed by atoms with E-state index in [1.165, 1.54) is 13.2 Å². The largest absolute Gasteiger partial charge is 0.382 e. The fourth-order valence-corrected chi connectivity index (χ4v) is 4.21. The maximum Gasteiger partial charge on any atom is 0.322 e. The summed E-state index contributed by atoms with van der Waals surface area (Å²) in [6, 6.07) is 3.05. The predicted molar refractivity (Wildman–Crippen MR) is 105 cm³/mol. The fraction of sp³-hybridized carbons (Fsp3) is 0.550. The Morgan fingerprint density at radius 2 is 2.03 bits per heavy atom. The second-order valence-corrected chi connectivity index (χ2v) is 7.95. The molecule has 2 aliphatic heterocycles. The molecule has 0 bridgehead atoms. The summed E-state index contributed by atoms with van der Waals surface area (Å²) in [5, 5.41) is 4.78. The minimum Gasteiger partial charge on any atom is -0.382 e. The molecule has 2 unspecified atom stereocenters. The highest BCUT2D eigenvalue weighted by atomic mass is 19.2. The van der Waals surface area contributed by atoms with Gasteiger partial charge < -0.3 is 19.9 Å². The van der Waals surface area contributed by atoms with Crippen molar-refractivity contribution >= 4 is 23.5 Å². The van der Waals surface area contributed by atoms with Crippen LogP contribution in [0.4, 0.5) is 19.3 Å². The highest BCUT2D eigenvalue weighted by Crippen LogP contribution is 2.26. The van der Waals surface area contributed by atoms with Crippen molar-refractivity contribution in [1.82, 2.24) is 15.5 Å². The minimum absolute atomic E-state index is 0.0392. The quantitative estimate of drug-likeness (QED) is 0.671. The monoisotopic (exact) mass is 424 g/mol. The van der Waals surface area contributed by atoms with Crippen LogP contribution in [0.25, 0.3) is 0 Å². The highest BCUT2D eigenvalue weighted by molar-refractivity contribution is 6.07. The molecule has 3 atom stereocenters. The first-order valence-electron chi connectivity index (χ1n) is 9.80. The topological polar surface area (TPSA) is 91.0 Å². The lowest BCUT2D eigenvalue weighted by Crippen LogP contribution is -2.57. The highest BCUT2D eigenvalue weighted by Gasteiger charge is 2.48. The van der Waals surface area contributed by atoms with Crippen molar-refractivity contribution in [3.05, 3.63) is 29.8 Å². The van der Waals surface area contributed by atoms with Crippen LogP contribution in [0, 0.1) is 17.6 Å². The molecule has 4 amide bonds. The van der Waals surface area contributed by atoms with Crippen LogP contribution in [0.2, 0.25) is 0 Å². The number of nitrogens with one attached hydrogen (secondary N) is 2. The van der Waals surface area contributed by atoms with E-state index < -0.39 is 35.0 Å². The first-order chi connectivity index (χ1) is 14.2. The molecule has 0 spiro atoms. The van der Waals surface area contributed by atoms with E-state index in [-0.39, 0.29) is 25.0 Å². The number of ether oxygens (including phenoxy) is 1. The average molecular weight is 424 g/mol. The number of methoxy groups -OCH3 is 1. The lowest BCUT2D eigenvalue weighted by molar-refractivity contribution is -0.137. The normalized spacial score (nSPS) is 25.2.